The van der Waals surface area contributed by atoms with Crippen LogP contribution in [0.15, 0.2) is 4.79 Å². The van der Waals surface area contributed by atoms with Gasteiger partial charge in [-0.05, 0) is 19.4 Å². The number of nitrogens with zero attached hydrogens (tertiary/aromatic N) is 1. The Bertz CT molecular complexity index is 646. The van der Waals surface area contributed by atoms with Gasteiger partial charge in [0, 0.05) is 17.5 Å². The van der Waals surface area contributed by atoms with Crippen LogP contribution in [-0.4, -0.2) is 29.2 Å². The number of fused-ring (bicyclic) bond motifs is 1. The van der Waals surface area contributed by atoms with E-state index in [0.717, 1.165) is 21.8 Å². The van der Waals surface area contributed by atoms with Gasteiger partial charge >= 0.3 is 0 Å². The van der Waals surface area contributed by atoms with Crippen molar-refractivity contribution in [2.45, 2.75) is 40.3 Å². The predicted octanol–water partition coefficient (Wildman–Crippen LogP) is 2.12. The number of rotatable bonds is 6. The van der Waals surface area contributed by atoms with Crippen LogP contribution in [0, 0.1) is 13.8 Å². The normalized spacial score (nSPS) is 11.7. The van der Waals surface area contributed by atoms with Gasteiger partial charge in [-0.2, -0.15) is 0 Å². The molecule has 0 spiro atoms. The van der Waals surface area contributed by atoms with E-state index in [1.54, 1.807) is 11.3 Å². The minimum Gasteiger partial charge on any atom is -0.372 e. The molecule has 2 rings (SSSR count). The van der Waals surface area contributed by atoms with Crippen molar-refractivity contribution >= 4 is 21.6 Å². The standard InChI is InChI=1S/C14H21N3O2S/c1-8(2)15-5-6-19-7-11-16-13(18)12-9(3)10(4)20-14(12)17-11/h8,15H,5-7H2,1-4H3,(H,16,17,18). The SMILES string of the molecule is Cc1sc2nc(COCCNC(C)C)[nH]c(=O)c2c1C. The second kappa shape index (κ2) is 6.47. The zero-order valence-corrected chi connectivity index (χ0v) is 13.2. The smallest absolute Gasteiger partial charge is 0.259 e. The van der Waals surface area contributed by atoms with Crippen LogP contribution >= 0.6 is 11.3 Å². The summed E-state index contributed by atoms with van der Waals surface area (Å²) in [4.78, 5) is 21.3. The number of hydrogen-bond donors (Lipinski definition) is 2. The Labute approximate surface area is 122 Å². The zero-order valence-electron chi connectivity index (χ0n) is 12.4. The van der Waals surface area contributed by atoms with Crippen LogP contribution in [0.2, 0.25) is 0 Å². The van der Waals surface area contributed by atoms with Gasteiger partial charge in [0.25, 0.3) is 5.56 Å². The number of ether oxygens (including phenoxy) is 1. The van der Waals surface area contributed by atoms with E-state index < -0.39 is 0 Å². The molecule has 0 bridgehead atoms. The molecular weight excluding hydrogens is 274 g/mol. The average molecular weight is 295 g/mol. The summed E-state index contributed by atoms with van der Waals surface area (Å²) in [5.74, 6) is 0.591. The van der Waals surface area contributed by atoms with Crippen LogP contribution < -0.4 is 10.9 Å². The van der Waals surface area contributed by atoms with Gasteiger partial charge in [0.2, 0.25) is 0 Å². The van der Waals surface area contributed by atoms with Gasteiger partial charge in [-0.25, -0.2) is 4.98 Å². The molecule has 0 aromatic carbocycles. The number of aromatic amines is 1. The van der Waals surface area contributed by atoms with Gasteiger partial charge in [0.05, 0.1) is 12.0 Å². The van der Waals surface area contributed by atoms with Crippen LogP contribution in [0.5, 0.6) is 0 Å². The Kier molecular flexibility index (Phi) is 4.91. The lowest BCUT2D eigenvalue weighted by Gasteiger charge is -2.08. The summed E-state index contributed by atoms with van der Waals surface area (Å²) in [5.41, 5.74) is 0.947. The minimum absolute atomic E-state index is 0.0734. The van der Waals surface area contributed by atoms with Crippen LogP contribution in [0.3, 0.4) is 0 Å². The first-order valence-electron chi connectivity index (χ1n) is 6.79. The molecule has 0 radical (unpaired) electrons. The molecule has 0 atom stereocenters. The molecule has 6 heteroatoms. The van der Waals surface area contributed by atoms with E-state index in [1.165, 1.54) is 0 Å². The van der Waals surface area contributed by atoms with Crippen molar-refractivity contribution in [1.29, 1.82) is 0 Å². The van der Waals surface area contributed by atoms with E-state index in [9.17, 15) is 4.79 Å². The fourth-order valence-electron chi connectivity index (χ4n) is 1.96. The van der Waals surface area contributed by atoms with Crippen molar-refractivity contribution in [3.05, 3.63) is 26.6 Å². The summed E-state index contributed by atoms with van der Waals surface area (Å²) in [6.07, 6.45) is 0. The molecule has 2 heterocycles. The topological polar surface area (TPSA) is 67.0 Å². The minimum atomic E-state index is -0.0734. The first-order chi connectivity index (χ1) is 9.49. The Morgan fingerprint density at radius 2 is 2.15 bits per heavy atom. The van der Waals surface area contributed by atoms with Crippen molar-refractivity contribution in [3.63, 3.8) is 0 Å². The van der Waals surface area contributed by atoms with Crippen molar-refractivity contribution in [1.82, 2.24) is 15.3 Å². The number of H-pyrrole nitrogens is 1. The molecule has 0 aliphatic heterocycles. The van der Waals surface area contributed by atoms with Crippen molar-refractivity contribution in [2.75, 3.05) is 13.2 Å². The molecule has 20 heavy (non-hydrogen) atoms. The fourth-order valence-corrected chi connectivity index (χ4v) is 3.01. The fraction of sp³-hybridized carbons (Fsp3) is 0.571. The van der Waals surface area contributed by atoms with Crippen molar-refractivity contribution in [2.24, 2.45) is 0 Å². The maximum Gasteiger partial charge on any atom is 0.259 e. The van der Waals surface area contributed by atoms with E-state index in [-0.39, 0.29) is 5.56 Å². The molecule has 0 saturated carbocycles. The van der Waals surface area contributed by atoms with Gasteiger partial charge in [0.15, 0.2) is 0 Å². The molecular formula is C14H21N3O2S. The summed E-state index contributed by atoms with van der Waals surface area (Å²) >= 11 is 1.56. The lowest BCUT2D eigenvalue weighted by Crippen LogP contribution is -2.26. The van der Waals surface area contributed by atoms with Crippen LogP contribution in [0.4, 0.5) is 0 Å². The highest BCUT2D eigenvalue weighted by atomic mass is 32.1. The first kappa shape index (κ1) is 15.2. The lowest BCUT2D eigenvalue weighted by molar-refractivity contribution is 0.116. The molecule has 110 valence electrons. The van der Waals surface area contributed by atoms with Crippen LogP contribution in [0.25, 0.3) is 10.2 Å². The summed E-state index contributed by atoms with van der Waals surface area (Å²) in [6.45, 7) is 9.88. The summed E-state index contributed by atoms with van der Waals surface area (Å²) in [7, 11) is 0. The largest absolute Gasteiger partial charge is 0.372 e. The maximum atomic E-state index is 12.1. The van der Waals surface area contributed by atoms with Crippen molar-refractivity contribution in [3.8, 4) is 0 Å². The highest BCUT2D eigenvalue weighted by Gasteiger charge is 2.11. The molecule has 0 aliphatic carbocycles. The third-order valence-corrected chi connectivity index (χ3v) is 4.23. The second-order valence-corrected chi connectivity index (χ2v) is 6.34. The van der Waals surface area contributed by atoms with Gasteiger partial charge in [0.1, 0.15) is 17.3 Å². The summed E-state index contributed by atoms with van der Waals surface area (Å²) in [5, 5.41) is 3.97. The Balaban J connectivity index is 2.03. The van der Waals surface area contributed by atoms with E-state index in [2.05, 4.69) is 29.1 Å². The zero-order chi connectivity index (χ0) is 14.7. The van der Waals surface area contributed by atoms with E-state index in [0.29, 0.717) is 30.5 Å². The third-order valence-electron chi connectivity index (χ3n) is 3.13. The van der Waals surface area contributed by atoms with Crippen molar-refractivity contribution < 1.29 is 4.74 Å². The molecule has 2 aromatic rings. The molecule has 0 aliphatic rings. The molecule has 2 aromatic heterocycles. The summed E-state index contributed by atoms with van der Waals surface area (Å²) in [6, 6.07) is 0.449. The van der Waals surface area contributed by atoms with Gasteiger partial charge < -0.3 is 15.0 Å². The van der Waals surface area contributed by atoms with Gasteiger partial charge in [-0.1, -0.05) is 13.8 Å². The maximum absolute atomic E-state index is 12.1. The number of thiophene rings is 1. The molecule has 0 fully saturated rings. The quantitative estimate of drug-likeness (QED) is 0.801. The highest BCUT2D eigenvalue weighted by Crippen LogP contribution is 2.25. The third kappa shape index (κ3) is 3.45. The second-order valence-electron chi connectivity index (χ2n) is 5.14. The Hall–Kier alpha value is -1.24. The van der Waals surface area contributed by atoms with E-state index in [1.807, 2.05) is 13.8 Å². The lowest BCUT2D eigenvalue weighted by atomic mass is 10.2. The number of hydrogen-bond acceptors (Lipinski definition) is 5. The Morgan fingerprint density at radius 1 is 1.40 bits per heavy atom. The monoisotopic (exact) mass is 295 g/mol. The van der Waals surface area contributed by atoms with E-state index >= 15 is 0 Å². The van der Waals surface area contributed by atoms with Crippen LogP contribution in [-0.2, 0) is 11.3 Å². The summed E-state index contributed by atoms with van der Waals surface area (Å²) < 4.78 is 5.52. The predicted molar refractivity (Wildman–Crippen MR) is 82.5 cm³/mol. The average Bonchev–Trinajstić information content (AvgIpc) is 2.64. The first-order valence-corrected chi connectivity index (χ1v) is 7.60. The molecule has 5 nitrogen and oxygen atoms in total. The van der Waals surface area contributed by atoms with E-state index in [4.69, 9.17) is 4.74 Å². The molecule has 0 unspecified atom stereocenters. The number of nitrogens with one attached hydrogen (secondary N) is 2. The van der Waals surface area contributed by atoms with Crippen LogP contribution in [0.1, 0.15) is 30.1 Å². The highest BCUT2D eigenvalue weighted by molar-refractivity contribution is 7.18. The van der Waals surface area contributed by atoms with Gasteiger partial charge in [-0.3, -0.25) is 4.79 Å². The Morgan fingerprint density at radius 3 is 2.85 bits per heavy atom. The number of aromatic nitrogens is 2. The molecule has 0 amide bonds. The van der Waals surface area contributed by atoms with Gasteiger partial charge in [-0.15, -0.1) is 11.3 Å². The number of aryl methyl sites for hydroxylation is 2. The molecule has 2 N–H and O–H groups in total. The molecule has 0 saturated heterocycles.